The Morgan fingerprint density at radius 2 is 1.70 bits per heavy atom. The molecule has 2 nitrogen and oxygen atoms in total. The van der Waals surface area contributed by atoms with Crippen LogP contribution in [0.5, 0.6) is 5.75 Å². The van der Waals surface area contributed by atoms with E-state index in [-0.39, 0.29) is 6.10 Å². The van der Waals surface area contributed by atoms with Gasteiger partial charge in [0.15, 0.2) is 0 Å². The number of ether oxygens (including phenoxy) is 2. The minimum absolute atomic E-state index is 0.0360. The van der Waals surface area contributed by atoms with Crippen molar-refractivity contribution in [1.29, 1.82) is 0 Å². The lowest BCUT2D eigenvalue weighted by atomic mass is 10.1. The first-order valence-corrected chi connectivity index (χ1v) is 6.82. The van der Waals surface area contributed by atoms with Crippen LogP contribution in [0.2, 0.25) is 0 Å². The molecule has 0 radical (unpaired) electrons. The lowest BCUT2D eigenvalue weighted by Crippen LogP contribution is -2.01. The van der Waals surface area contributed by atoms with E-state index in [1.165, 1.54) is 5.56 Å². The Hall–Kier alpha value is -2.06. The highest BCUT2D eigenvalue weighted by atomic mass is 16.5. The molecule has 0 aliphatic rings. The molecule has 0 saturated carbocycles. The van der Waals surface area contributed by atoms with Gasteiger partial charge in [-0.15, -0.1) is 0 Å². The van der Waals surface area contributed by atoms with E-state index in [0.29, 0.717) is 6.61 Å². The van der Waals surface area contributed by atoms with Crippen molar-refractivity contribution < 1.29 is 9.47 Å². The van der Waals surface area contributed by atoms with Crippen molar-refractivity contribution in [1.82, 2.24) is 0 Å². The normalized spacial score (nSPS) is 12.5. The van der Waals surface area contributed by atoms with E-state index < -0.39 is 0 Å². The van der Waals surface area contributed by atoms with Gasteiger partial charge in [-0.3, -0.25) is 0 Å². The van der Waals surface area contributed by atoms with Gasteiger partial charge in [-0.05, 0) is 30.2 Å². The predicted octanol–water partition coefficient (Wildman–Crippen LogP) is 4.49. The minimum atomic E-state index is -0.0360. The van der Waals surface area contributed by atoms with Crippen LogP contribution in [0.1, 0.15) is 24.2 Å². The van der Waals surface area contributed by atoms with E-state index in [2.05, 4.69) is 24.3 Å². The molecule has 0 spiro atoms. The Morgan fingerprint density at radius 3 is 2.30 bits per heavy atom. The highest BCUT2D eigenvalue weighted by Gasteiger charge is 2.07. The monoisotopic (exact) mass is 268 g/mol. The summed E-state index contributed by atoms with van der Waals surface area (Å²) in [6.07, 6.45) is 4.14. The zero-order chi connectivity index (χ0) is 14.2. The molecule has 20 heavy (non-hydrogen) atoms. The highest BCUT2D eigenvalue weighted by Crippen LogP contribution is 2.22. The Bertz CT molecular complexity index is 529. The molecule has 2 rings (SSSR count). The van der Waals surface area contributed by atoms with Gasteiger partial charge in [0.1, 0.15) is 11.9 Å². The molecule has 0 fully saturated rings. The minimum Gasteiger partial charge on any atom is -0.497 e. The summed E-state index contributed by atoms with van der Waals surface area (Å²) < 4.78 is 11.0. The molecule has 1 unspecified atom stereocenters. The zero-order valence-corrected chi connectivity index (χ0v) is 12.0. The average Bonchev–Trinajstić information content (AvgIpc) is 2.52. The summed E-state index contributed by atoms with van der Waals surface area (Å²) >= 11 is 0. The van der Waals surface area contributed by atoms with Gasteiger partial charge in [0.05, 0.1) is 7.11 Å². The molecule has 104 valence electrons. The van der Waals surface area contributed by atoms with Crippen molar-refractivity contribution in [3.63, 3.8) is 0 Å². The lowest BCUT2D eigenvalue weighted by molar-refractivity contribution is 0.0973. The van der Waals surface area contributed by atoms with Crippen molar-refractivity contribution in [3.8, 4) is 5.75 Å². The maximum Gasteiger partial charge on any atom is 0.118 e. The molecule has 2 aromatic carbocycles. The summed E-state index contributed by atoms with van der Waals surface area (Å²) in [7, 11) is 1.67. The van der Waals surface area contributed by atoms with Crippen LogP contribution in [0.3, 0.4) is 0 Å². The third kappa shape index (κ3) is 3.97. The molecule has 0 aliphatic heterocycles. The summed E-state index contributed by atoms with van der Waals surface area (Å²) in [5.74, 6) is 0.857. The lowest BCUT2D eigenvalue weighted by Gasteiger charge is -2.14. The van der Waals surface area contributed by atoms with Crippen LogP contribution in [-0.2, 0) is 4.74 Å². The molecule has 0 aliphatic carbocycles. The van der Waals surface area contributed by atoms with E-state index in [0.717, 1.165) is 11.3 Å². The largest absolute Gasteiger partial charge is 0.497 e. The Morgan fingerprint density at radius 1 is 1.00 bits per heavy atom. The van der Waals surface area contributed by atoms with Gasteiger partial charge in [0.25, 0.3) is 0 Å². The van der Waals surface area contributed by atoms with Crippen LogP contribution in [0.4, 0.5) is 0 Å². The van der Waals surface area contributed by atoms with Gasteiger partial charge in [0, 0.05) is 6.61 Å². The van der Waals surface area contributed by atoms with Crippen LogP contribution in [0, 0.1) is 0 Å². The van der Waals surface area contributed by atoms with Crippen molar-refractivity contribution in [2.75, 3.05) is 13.7 Å². The number of methoxy groups -OCH3 is 1. The molecule has 0 heterocycles. The zero-order valence-electron chi connectivity index (χ0n) is 12.0. The smallest absolute Gasteiger partial charge is 0.118 e. The number of rotatable bonds is 6. The number of hydrogen-bond donors (Lipinski definition) is 0. The van der Waals surface area contributed by atoms with Crippen molar-refractivity contribution in [2.45, 2.75) is 13.0 Å². The summed E-state index contributed by atoms with van der Waals surface area (Å²) in [4.78, 5) is 0. The van der Waals surface area contributed by atoms with E-state index in [1.807, 2.05) is 49.4 Å². The molecule has 0 N–H and O–H groups in total. The first-order chi connectivity index (χ1) is 9.83. The molecule has 2 aromatic rings. The molecule has 0 bridgehead atoms. The van der Waals surface area contributed by atoms with Crippen molar-refractivity contribution >= 4 is 6.08 Å². The summed E-state index contributed by atoms with van der Waals surface area (Å²) in [5, 5.41) is 0. The standard InChI is InChI=1S/C18H20O2/c1-3-20-18(14-9-15-7-5-4-6-8-15)16-10-12-17(19-2)13-11-16/h4-14,18H,3H2,1-2H3. The van der Waals surface area contributed by atoms with Crippen LogP contribution in [0.15, 0.2) is 60.7 Å². The van der Waals surface area contributed by atoms with Crippen molar-refractivity contribution in [3.05, 3.63) is 71.8 Å². The SMILES string of the molecule is CCOC(C=Cc1ccccc1)c1ccc(OC)cc1. The fourth-order valence-electron chi connectivity index (χ4n) is 2.00. The van der Waals surface area contributed by atoms with Crippen LogP contribution < -0.4 is 4.74 Å². The van der Waals surface area contributed by atoms with Gasteiger partial charge in [-0.2, -0.15) is 0 Å². The Balaban J connectivity index is 2.15. The van der Waals surface area contributed by atoms with Gasteiger partial charge >= 0.3 is 0 Å². The van der Waals surface area contributed by atoms with Crippen LogP contribution in [-0.4, -0.2) is 13.7 Å². The number of benzene rings is 2. The maximum absolute atomic E-state index is 5.80. The fraction of sp³-hybridized carbons (Fsp3) is 0.222. The van der Waals surface area contributed by atoms with E-state index in [9.17, 15) is 0 Å². The predicted molar refractivity (Wildman–Crippen MR) is 82.8 cm³/mol. The highest BCUT2D eigenvalue weighted by molar-refractivity contribution is 5.50. The van der Waals surface area contributed by atoms with Crippen LogP contribution >= 0.6 is 0 Å². The van der Waals surface area contributed by atoms with E-state index >= 15 is 0 Å². The van der Waals surface area contributed by atoms with Gasteiger partial charge < -0.3 is 9.47 Å². The summed E-state index contributed by atoms with van der Waals surface area (Å²) in [6, 6.07) is 18.2. The molecule has 0 aromatic heterocycles. The van der Waals surface area contributed by atoms with Crippen molar-refractivity contribution in [2.24, 2.45) is 0 Å². The second kappa shape index (κ2) is 7.51. The van der Waals surface area contributed by atoms with Crippen LogP contribution in [0.25, 0.3) is 6.08 Å². The second-order valence-electron chi connectivity index (χ2n) is 4.42. The Labute approximate surface area is 120 Å². The second-order valence-corrected chi connectivity index (χ2v) is 4.42. The molecular formula is C18H20O2. The van der Waals surface area contributed by atoms with Gasteiger partial charge in [-0.1, -0.05) is 54.6 Å². The first kappa shape index (κ1) is 14.4. The Kier molecular flexibility index (Phi) is 5.39. The summed E-state index contributed by atoms with van der Waals surface area (Å²) in [5.41, 5.74) is 2.30. The molecular weight excluding hydrogens is 248 g/mol. The molecule has 0 saturated heterocycles. The first-order valence-electron chi connectivity index (χ1n) is 6.82. The maximum atomic E-state index is 5.80. The van der Waals surface area contributed by atoms with E-state index in [4.69, 9.17) is 9.47 Å². The third-order valence-corrected chi connectivity index (χ3v) is 3.05. The van der Waals surface area contributed by atoms with Gasteiger partial charge in [0.2, 0.25) is 0 Å². The average molecular weight is 268 g/mol. The van der Waals surface area contributed by atoms with E-state index in [1.54, 1.807) is 7.11 Å². The molecule has 1 atom stereocenters. The number of hydrogen-bond acceptors (Lipinski definition) is 2. The quantitative estimate of drug-likeness (QED) is 0.768. The molecule has 0 amide bonds. The molecule has 2 heteroatoms. The third-order valence-electron chi connectivity index (χ3n) is 3.05. The topological polar surface area (TPSA) is 18.5 Å². The van der Waals surface area contributed by atoms with Gasteiger partial charge in [-0.25, -0.2) is 0 Å². The summed E-state index contributed by atoms with van der Waals surface area (Å²) in [6.45, 7) is 2.68. The fourth-order valence-corrected chi connectivity index (χ4v) is 2.00.